The lowest BCUT2D eigenvalue weighted by molar-refractivity contribution is -0.402. The Morgan fingerprint density at radius 2 is 2.50 bits per heavy atom. The molecule has 0 radical (unpaired) electrons. The van der Waals surface area contributed by atoms with Crippen LogP contribution in [0, 0.1) is 21.4 Å². The van der Waals surface area contributed by atoms with Crippen molar-refractivity contribution in [1.29, 1.82) is 5.26 Å². The molecule has 8 nitrogen and oxygen atoms in total. The average molecular weight is 222 g/mol. The lowest BCUT2D eigenvalue weighted by atomic mass is 10.5. The third-order valence-electron chi connectivity index (χ3n) is 1.41. The maximum absolute atomic E-state index is 10.8. The number of rotatable bonds is 4. The van der Waals surface area contributed by atoms with Gasteiger partial charge in [-0.25, -0.2) is 5.43 Å². The fourth-order valence-electron chi connectivity index (χ4n) is 0.789. The summed E-state index contributed by atoms with van der Waals surface area (Å²) in [5.41, 5.74) is 2.05. The first kappa shape index (κ1) is 11.4. The van der Waals surface area contributed by atoms with Crippen molar-refractivity contribution in [2.24, 2.45) is 5.10 Å². The number of nitriles is 1. The minimum absolute atomic E-state index is 0.129. The number of amides is 1. The molecule has 1 rings (SSSR count). The molecule has 0 aromatic carbocycles. The van der Waals surface area contributed by atoms with Crippen LogP contribution in [0.25, 0.3) is 0 Å². The highest BCUT2D eigenvalue weighted by molar-refractivity contribution is 5.81. The lowest BCUT2D eigenvalue weighted by Gasteiger charge is -1.90. The normalized spacial score (nSPS) is 9.94. The van der Waals surface area contributed by atoms with Crippen LogP contribution in [0.3, 0.4) is 0 Å². The van der Waals surface area contributed by atoms with Crippen LogP contribution in [0.4, 0.5) is 5.88 Å². The first-order valence-electron chi connectivity index (χ1n) is 4.06. The van der Waals surface area contributed by atoms with Gasteiger partial charge in [0.25, 0.3) is 5.91 Å². The number of carbonyl (C=O) groups excluding carboxylic acids is 1. The summed E-state index contributed by atoms with van der Waals surface area (Å²) in [5.74, 6) is -0.853. The molecule has 0 aliphatic rings. The van der Waals surface area contributed by atoms with Crippen LogP contribution in [-0.4, -0.2) is 17.0 Å². The van der Waals surface area contributed by atoms with Crippen molar-refractivity contribution in [2.75, 3.05) is 0 Å². The second-order valence-corrected chi connectivity index (χ2v) is 2.56. The van der Waals surface area contributed by atoms with Gasteiger partial charge in [0.2, 0.25) is 0 Å². The van der Waals surface area contributed by atoms with E-state index in [1.54, 1.807) is 6.07 Å². The average Bonchev–Trinajstić information content (AvgIpc) is 2.67. The molecule has 1 heterocycles. The highest BCUT2D eigenvalue weighted by Crippen LogP contribution is 2.13. The minimum Gasteiger partial charge on any atom is -0.400 e. The monoisotopic (exact) mass is 222 g/mol. The summed E-state index contributed by atoms with van der Waals surface area (Å²) in [6.07, 6.45) is 0.790. The zero-order chi connectivity index (χ0) is 12.0. The second kappa shape index (κ2) is 5.26. The van der Waals surface area contributed by atoms with Crippen molar-refractivity contribution in [3.63, 3.8) is 0 Å². The second-order valence-electron chi connectivity index (χ2n) is 2.56. The van der Waals surface area contributed by atoms with Crippen LogP contribution in [0.2, 0.25) is 0 Å². The molecule has 1 aromatic rings. The van der Waals surface area contributed by atoms with Crippen molar-refractivity contribution in [1.82, 2.24) is 5.43 Å². The summed E-state index contributed by atoms with van der Waals surface area (Å²) >= 11 is 0. The Bertz CT molecular complexity index is 471. The zero-order valence-electron chi connectivity index (χ0n) is 7.91. The quantitative estimate of drug-likeness (QED) is 0.452. The summed E-state index contributed by atoms with van der Waals surface area (Å²) in [6.45, 7) is 0. The van der Waals surface area contributed by atoms with Crippen LogP contribution >= 0.6 is 0 Å². The molecule has 0 bridgehead atoms. The highest BCUT2D eigenvalue weighted by atomic mass is 16.6. The van der Waals surface area contributed by atoms with Crippen LogP contribution in [0.15, 0.2) is 21.7 Å². The Morgan fingerprint density at radius 3 is 3.06 bits per heavy atom. The topological polar surface area (TPSA) is 122 Å². The SMILES string of the molecule is N#CCC(=O)N/N=C\c1ccc([N+](=O)[O-])o1. The van der Waals surface area contributed by atoms with Crippen molar-refractivity contribution in [2.45, 2.75) is 6.42 Å². The molecule has 0 fully saturated rings. The van der Waals surface area contributed by atoms with Crippen LogP contribution in [-0.2, 0) is 4.79 Å². The van der Waals surface area contributed by atoms with E-state index in [0.717, 1.165) is 6.21 Å². The summed E-state index contributed by atoms with van der Waals surface area (Å²) in [5, 5.41) is 21.8. The van der Waals surface area contributed by atoms with Crippen LogP contribution < -0.4 is 5.43 Å². The number of furan rings is 1. The van der Waals surface area contributed by atoms with E-state index in [-0.39, 0.29) is 12.2 Å². The smallest absolute Gasteiger partial charge is 0.400 e. The van der Waals surface area contributed by atoms with E-state index in [0.29, 0.717) is 0 Å². The number of carbonyl (C=O) groups is 1. The van der Waals surface area contributed by atoms with Gasteiger partial charge >= 0.3 is 5.88 Å². The molecule has 1 N–H and O–H groups in total. The molecule has 1 aromatic heterocycles. The van der Waals surface area contributed by atoms with E-state index in [9.17, 15) is 14.9 Å². The largest absolute Gasteiger partial charge is 0.433 e. The van der Waals surface area contributed by atoms with E-state index in [2.05, 4.69) is 5.10 Å². The number of hydrazone groups is 1. The first-order valence-corrected chi connectivity index (χ1v) is 4.06. The molecular formula is C8H6N4O4. The number of nitrogens with zero attached hydrogens (tertiary/aromatic N) is 3. The summed E-state index contributed by atoms with van der Waals surface area (Å²) < 4.78 is 4.72. The molecule has 0 aliphatic heterocycles. The first-order chi connectivity index (χ1) is 7.63. The molecule has 0 unspecified atom stereocenters. The van der Waals surface area contributed by atoms with E-state index >= 15 is 0 Å². The van der Waals surface area contributed by atoms with Gasteiger partial charge in [0.05, 0.1) is 18.4 Å². The van der Waals surface area contributed by atoms with Gasteiger partial charge in [-0.1, -0.05) is 0 Å². The fraction of sp³-hybridized carbons (Fsp3) is 0.125. The summed E-state index contributed by atoms with van der Waals surface area (Å²) in [4.78, 5) is 20.3. The molecule has 8 heteroatoms. The minimum atomic E-state index is -0.689. The third-order valence-corrected chi connectivity index (χ3v) is 1.41. The zero-order valence-corrected chi connectivity index (χ0v) is 7.91. The lowest BCUT2D eigenvalue weighted by Crippen LogP contribution is -2.15. The van der Waals surface area contributed by atoms with Crippen molar-refractivity contribution in [3.8, 4) is 6.07 Å². The maximum Gasteiger partial charge on any atom is 0.433 e. The molecule has 0 saturated heterocycles. The predicted octanol–water partition coefficient (Wildman–Crippen LogP) is 0.552. The van der Waals surface area contributed by atoms with Gasteiger partial charge in [-0.3, -0.25) is 14.9 Å². The van der Waals surface area contributed by atoms with E-state index in [1.807, 2.05) is 5.43 Å². The molecule has 0 saturated carbocycles. The summed E-state index contributed by atoms with van der Waals surface area (Å²) in [7, 11) is 0. The van der Waals surface area contributed by atoms with Gasteiger partial charge in [0, 0.05) is 0 Å². The van der Waals surface area contributed by atoms with Gasteiger partial charge in [-0.2, -0.15) is 10.4 Å². The number of hydrogen-bond acceptors (Lipinski definition) is 6. The Hall–Kier alpha value is -2.69. The number of nitrogens with one attached hydrogen (secondary N) is 1. The number of hydrogen-bond donors (Lipinski definition) is 1. The van der Waals surface area contributed by atoms with E-state index < -0.39 is 16.7 Å². The molecule has 82 valence electrons. The highest BCUT2D eigenvalue weighted by Gasteiger charge is 2.10. The summed E-state index contributed by atoms with van der Waals surface area (Å²) in [6, 6.07) is 4.13. The Morgan fingerprint density at radius 1 is 1.75 bits per heavy atom. The van der Waals surface area contributed by atoms with E-state index in [4.69, 9.17) is 9.68 Å². The van der Waals surface area contributed by atoms with Crippen LogP contribution in [0.1, 0.15) is 12.2 Å². The molecule has 1 amide bonds. The van der Waals surface area contributed by atoms with Crippen molar-refractivity contribution >= 4 is 18.0 Å². The molecule has 0 atom stereocenters. The van der Waals surface area contributed by atoms with Gasteiger partial charge in [0.15, 0.2) is 5.76 Å². The molecular weight excluding hydrogens is 216 g/mol. The van der Waals surface area contributed by atoms with Gasteiger partial charge in [-0.15, -0.1) is 0 Å². The Kier molecular flexibility index (Phi) is 3.74. The van der Waals surface area contributed by atoms with Crippen molar-refractivity contribution in [3.05, 3.63) is 28.0 Å². The molecule has 0 aliphatic carbocycles. The molecule has 16 heavy (non-hydrogen) atoms. The van der Waals surface area contributed by atoms with Gasteiger partial charge in [-0.05, 0) is 6.07 Å². The Labute approximate surface area is 89.3 Å². The predicted molar refractivity (Wildman–Crippen MR) is 51.3 cm³/mol. The van der Waals surface area contributed by atoms with Crippen molar-refractivity contribution < 1.29 is 14.1 Å². The Balaban J connectivity index is 2.53. The van der Waals surface area contributed by atoms with Gasteiger partial charge in [0.1, 0.15) is 11.3 Å². The third kappa shape index (κ3) is 3.22. The fourth-order valence-corrected chi connectivity index (χ4v) is 0.789. The molecule has 0 spiro atoms. The van der Waals surface area contributed by atoms with E-state index in [1.165, 1.54) is 12.1 Å². The number of nitro groups is 1. The maximum atomic E-state index is 10.8. The van der Waals surface area contributed by atoms with Gasteiger partial charge < -0.3 is 4.42 Å². The van der Waals surface area contributed by atoms with Crippen LogP contribution in [0.5, 0.6) is 0 Å². The standard InChI is InChI=1S/C8H6N4O4/c9-4-3-7(13)11-10-5-6-1-2-8(16-6)12(14)15/h1-2,5H,3H2,(H,11,13)/b10-5-.